The Kier molecular flexibility index (Phi) is 4.07. The summed E-state index contributed by atoms with van der Waals surface area (Å²) < 4.78 is 5.29. The summed E-state index contributed by atoms with van der Waals surface area (Å²) in [7, 11) is 1.67. The molecule has 0 heterocycles. The summed E-state index contributed by atoms with van der Waals surface area (Å²) in [6.45, 7) is 5.78. The van der Waals surface area contributed by atoms with Crippen molar-refractivity contribution in [2.24, 2.45) is 0 Å². The fraction of sp³-hybridized carbons (Fsp3) is 0.385. The van der Waals surface area contributed by atoms with Crippen LogP contribution in [0, 0.1) is 11.8 Å². The molecule has 0 atom stereocenters. The van der Waals surface area contributed by atoms with Gasteiger partial charge in [0.1, 0.15) is 5.76 Å². The molecule has 14 heavy (non-hydrogen) atoms. The minimum absolute atomic E-state index is 0.826. The highest BCUT2D eigenvalue weighted by Crippen LogP contribution is 2.21. The number of rotatable bonds is 3. The van der Waals surface area contributed by atoms with E-state index in [0.29, 0.717) is 0 Å². The lowest BCUT2D eigenvalue weighted by molar-refractivity contribution is 0.302. The zero-order valence-electron chi connectivity index (χ0n) is 8.89. The van der Waals surface area contributed by atoms with Crippen molar-refractivity contribution in [2.45, 2.75) is 26.2 Å². The van der Waals surface area contributed by atoms with Crippen LogP contribution >= 0.6 is 0 Å². The first-order valence-corrected chi connectivity index (χ1v) is 4.85. The molecule has 0 saturated heterocycles. The molecule has 1 rings (SSSR count). The number of ether oxygens (including phenoxy) is 1. The summed E-state index contributed by atoms with van der Waals surface area (Å²) in [6.07, 6.45) is 6.80. The van der Waals surface area contributed by atoms with Gasteiger partial charge in [-0.05, 0) is 25.8 Å². The third-order valence-electron chi connectivity index (χ3n) is 2.23. The highest BCUT2D eigenvalue weighted by Gasteiger charge is 2.08. The summed E-state index contributed by atoms with van der Waals surface area (Å²) in [5.41, 5.74) is 2.34. The molecule has 0 fully saturated rings. The molecule has 0 spiro atoms. The molecule has 0 bridgehead atoms. The van der Waals surface area contributed by atoms with E-state index in [2.05, 4.69) is 25.3 Å². The predicted octanol–water partition coefficient (Wildman–Crippen LogP) is 3.21. The third kappa shape index (κ3) is 2.53. The molecule has 0 saturated carbocycles. The monoisotopic (exact) mass is 188 g/mol. The van der Waals surface area contributed by atoms with E-state index in [9.17, 15) is 0 Å². The summed E-state index contributed by atoms with van der Waals surface area (Å²) in [5, 5.41) is 0. The number of hydrogen-bond acceptors (Lipinski definition) is 1. The topological polar surface area (TPSA) is 9.23 Å². The van der Waals surface area contributed by atoms with Gasteiger partial charge in [-0.25, -0.2) is 0 Å². The lowest BCUT2D eigenvalue weighted by atomic mass is 10.0. The number of allylic oxidation sites excluding steroid dienone is 4. The minimum Gasteiger partial charge on any atom is -0.495 e. The molecule has 0 unspecified atom stereocenters. The van der Waals surface area contributed by atoms with Gasteiger partial charge >= 0.3 is 0 Å². The average Bonchev–Trinajstić information content (AvgIpc) is 2.40. The molecule has 1 aliphatic carbocycles. The van der Waals surface area contributed by atoms with E-state index in [4.69, 9.17) is 4.74 Å². The summed E-state index contributed by atoms with van der Waals surface area (Å²) in [4.78, 5) is 0. The van der Waals surface area contributed by atoms with Crippen LogP contribution in [-0.2, 0) is 4.74 Å². The van der Waals surface area contributed by atoms with E-state index in [1.54, 1.807) is 13.2 Å². The van der Waals surface area contributed by atoms with Crippen LogP contribution in [0.4, 0.5) is 0 Å². The van der Waals surface area contributed by atoms with Crippen LogP contribution in [0.25, 0.3) is 0 Å². The smallest absolute Gasteiger partial charge is 0.134 e. The Morgan fingerprint density at radius 2 is 2.36 bits per heavy atom. The molecule has 0 aromatic rings. The third-order valence-corrected chi connectivity index (χ3v) is 2.23. The van der Waals surface area contributed by atoms with Crippen LogP contribution in [0.15, 0.2) is 35.6 Å². The second kappa shape index (κ2) is 5.34. The van der Waals surface area contributed by atoms with Crippen LogP contribution in [-0.4, -0.2) is 7.11 Å². The fourth-order valence-electron chi connectivity index (χ4n) is 1.46. The molecular weight excluding hydrogens is 172 g/mol. The standard InChI is InChI=1S/C13H16O/c1-4-8-13(14-3)12-10-7-5-6-9-11(12)2/h4,8H,1,5-6,9H2,2-3H3/b13-8+. The quantitative estimate of drug-likeness (QED) is 0.375. The van der Waals surface area contributed by atoms with Crippen molar-refractivity contribution in [3.05, 3.63) is 35.6 Å². The van der Waals surface area contributed by atoms with Crippen LogP contribution in [0.5, 0.6) is 0 Å². The van der Waals surface area contributed by atoms with Gasteiger partial charge in [-0.2, -0.15) is 0 Å². The lowest BCUT2D eigenvalue weighted by Crippen LogP contribution is -1.93. The molecule has 0 N–H and O–H groups in total. The number of hydrogen-bond donors (Lipinski definition) is 0. The average molecular weight is 188 g/mol. The minimum atomic E-state index is 0.826. The Balaban J connectivity index is 3.06. The second-order valence-electron chi connectivity index (χ2n) is 3.28. The molecule has 1 heteroatoms. The Labute approximate surface area is 86.2 Å². The molecular formula is C13H16O. The highest BCUT2D eigenvalue weighted by molar-refractivity contribution is 5.47. The Hall–Kier alpha value is -1.42. The van der Waals surface area contributed by atoms with E-state index in [-0.39, 0.29) is 0 Å². The van der Waals surface area contributed by atoms with E-state index in [1.165, 1.54) is 5.57 Å². The van der Waals surface area contributed by atoms with E-state index in [1.807, 2.05) is 6.08 Å². The van der Waals surface area contributed by atoms with Crippen molar-refractivity contribution in [3.8, 4) is 11.8 Å². The first kappa shape index (κ1) is 10.7. The maximum Gasteiger partial charge on any atom is 0.134 e. The van der Waals surface area contributed by atoms with Gasteiger partial charge in [-0.3, -0.25) is 0 Å². The van der Waals surface area contributed by atoms with Crippen molar-refractivity contribution in [1.82, 2.24) is 0 Å². The van der Waals surface area contributed by atoms with E-state index < -0.39 is 0 Å². The second-order valence-corrected chi connectivity index (χ2v) is 3.28. The van der Waals surface area contributed by atoms with Gasteiger partial charge in [-0.15, -0.1) is 0 Å². The van der Waals surface area contributed by atoms with Gasteiger partial charge in [0.05, 0.1) is 12.7 Å². The zero-order valence-corrected chi connectivity index (χ0v) is 8.89. The fourth-order valence-corrected chi connectivity index (χ4v) is 1.46. The van der Waals surface area contributed by atoms with Gasteiger partial charge in [0, 0.05) is 6.42 Å². The molecule has 0 radical (unpaired) electrons. The van der Waals surface area contributed by atoms with Crippen LogP contribution in [0.3, 0.4) is 0 Å². The van der Waals surface area contributed by atoms with Gasteiger partial charge < -0.3 is 4.74 Å². The van der Waals surface area contributed by atoms with Crippen LogP contribution in [0.2, 0.25) is 0 Å². The predicted molar refractivity (Wildman–Crippen MR) is 59.6 cm³/mol. The van der Waals surface area contributed by atoms with Gasteiger partial charge in [0.2, 0.25) is 0 Å². The van der Waals surface area contributed by atoms with Gasteiger partial charge in [0.25, 0.3) is 0 Å². The Morgan fingerprint density at radius 3 is 3.00 bits per heavy atom. The normalized spacial score (nSPS) is 16.9. The van der Waals surface area contributed by atoms with Gasteiger partial charge in [-0.1, -0.05) is 30.1 Å². The number of methoxy groups -OCH3 is 1. The Bertz CT molecular complexity index is 334. The van der Waals surface area contributed by atoms with Crippen molar-refractivity contribution in [2.75, 3.05) is 7.11 Å². The zero-order chi connectivity index (χ0) is 10.4. The maximum absolute atomic E-state index is 5.29. The molecule has 0 aromatic heterocycles. The lowest BCUT2D eigenvalue weighted by Gasteiger charge is -2.07. The summed E-state index contributed by atoms with van der Waals surface area (Å²) in [5.74, 6) is 7.12. The van der Waals surface area contributed by atoms with E-state index >= 15 is 0 Å². The molecule has 0 aromatic carbocycles. The van der Waals surface area contributed by atoms with Crippen molar-refractivity contribution < 1.29 is 4.74 Å². The highest BCUT2D eigenvalue weighted by atomic mass is 16.5. The Morgan fingerprint density at radius 1 is 1.57 bits per heavy atom. The van der Waals surface area contributed by atoms with Crippen molar-refractivity contribution in [3.63, 3.8) is 0 Å². The molecule has 0 aliphatic heterocycles. The molecule has 0 amide bonds. The first-order valence-electron chi connectivity index (χ1n) is 4.85. The van der Waals surface area contributed by atoms with Crippen molar-refractivity contribution in [1.29, 1.82) is 0 Å². The largest absolute Gasteiger partial charge is 0.495 e. The van der Waals surface area contributed by atoms with Crippen LogP contribution < -0.4 is 0 Å². The summed E-state index contributed by atoms with van der Waals surface area (Å²) >= 11 is 0. The van der Waals surface area contributed by atoms with E-state index in [0.717, 1.165) is 30.6 Å². The molecule has 1 nitrogen and oxygen atoms in total. The first-order chi connectivity index (χ1) is 6.79. The SMILES string of the molecule is C=C/C=C(/OC)C1=C(C)CCCC#C1. The van der Waals surface area contributed by atoms with Crippen LogP contribution in [0.1, 0.15) is 26.2 Å². The molecule has 74 valence electrons. The summed E-state index contributed by atoms with van der Waals surface area (Å²) in [6, 6.07) is 0. The van der Waals surface area contributed by atoms with Gasteiger partial charge in [0.15, 0.2) is 0 Å². The maximum atomic E-state index is 5.29. The van der Waals surface area contributed by atoms with Crippen molar-refractivity contribution >= 4 is 0 Å². The molecule has 1 aliphatic rings.